The summed E-state index contributed by atoms with van der Waals surface area (Å²) in [5.41, 5.74) is 2.15. The Morgan fingerprint density at radius 1 is 1.26 bits per heavy atom. The molecule has 0 spiro atoms. The molecular weight excluding hydrogens is 542 g/mol. The molecule has 118 valence electrons. The fourth-order valence-corrected chi connectivity index (χ4v) is 3.97. The molecule has 0 amide bonds. The van der Waals surface area contributed by atoms with Crippen molar-refractivity contribution >= 4 is 63.6 Å². The fourth-order valence-electron chi connectivity index (χ4n) is 1.90. The molecule has 2 aromatic heterocycles. The number of nitrogens with zero attached hydrogens (tertiary/aromatic N) is 4. The van der Waals surface area contributed by atoms with Crippen molar-refractivity contribution in [3.63, 3.8) is 0 Å². The summed E-state index contributed by atoms with van der Waals surface area (Å²) in [5.74, 6) is 0.678. The van der Waals surface area contributed by atoms with E-state index in [1.165, 1.54) is 4.68 Å². The van der Waals surface area contributed by atoms with Gasteiger partial charge in [0.05, 0.1) is 9.78 Å². The van der Waals surface area contributed by atoms with Crippen LogP contribution in [-0.2, 0) is 0 Å². The van der Waals surface area contributed by atoms with Crippen LogP contribution >= 0.6 is 57.4 Å². The largest absolute Gasteiger partial charge is 0.506 e. The van der Waals surface area contributed by atoms with Crippen LogP contribution in [0.4, 0.5) is 0 Å². The monoisotopic (exact) mass is 552 g/mol. The molecule has 3 N–H and O–H groups in total. The number of aromatic nitrogens is 5. The lowest BCUT2D eigenvalue weighted by Gasteiger charge is -2.03. The average molecular weight is 552 g/mol. The average Bonchev–Trinajstić information content (AvgIpc) is 3.07. The number of phenolic OH excluding ortho intramolecular Hbond substituents is 1. The van der Waals surface area contributed by atoms with E-state index in [1.54, 1.807) is 6.21 Å². The number of hydrogen-bond donors (Lipinski definition) is 3. The first-order chi connectivity index (χ1) is 11.0. The molecular formula is C13H10I2N6OS. The van der Waals surface area contributed by atoms with Crippen molar-refractivity contribution in [1.82, 2.24) is 25.1 Å². The van der Waals surface area contributed by atoms with Crippen LogP contribution in [-0.4, -0.2) is 36.4 Å². The van der Waals surface area contributed by atoms with Gasteiger partial charge in [0, 0.05) is 14.8 Å². The number of nitrogens with one attached hydrogen (secondary N) is 2. The van der Waals surface area contributed by atoms with Gasteiger partial charge >= 0.3 is 0 Å². The second-order valence-corrected chi connectivity index (χ2v) is 7.46. The van der Waals surface area contributed by atoms with Gasteiger partial charge in [-0.05, 0) is 82.5 Å². The molecule has 10 heteroatoms. The van der Waals surface area contributed by atoms with E-state index < -0.39 is 0 Å². The maximum absolute atomic E-state index is 10.1. The third-order valence-electron chi connectivity index (χ3n) is 2.96. The maximum atomic E-state index is 10.1. The summed E-state index contributed by atoms with van der Waals surface area (Å²) in [5, 5.41) is 28.3. The van der Waals surface area contributed by atoms with E-state index in [-0.39, 0.29) is 5.75 Å². The van der Waals surface area contributed by atoms with Gasteiger partial charge in [-0.15, -0.1) is 0 Å². The lowest BCUT2D eigenvalue weighted by Crippen LogP contribution is -1.96. The Balaban J connectivity index is 2.04. The number of phenols is 1. The highest BCUT2D eigenvalue weighted by atomic mass is 127. The summed E-state index contributed by atoms with van der Waals surface area (Å²) in [6.07, 6.45) is 1.55. The molecule has 3 aromatic rings. The van der Waals surface area contributed by atoms with Crippen molar-refractivity contribution in [3.8, 4) is 17.3 Å². The third-order valence-corrected chi connectivity index (χ3v) is 4.66. The summed E-state index contributed by atoms with van der Waals surface area (Å²) in [6, 6.07) is 5.57. The van der Waals surface area contributed by atoms with E-state index in [4.69, 9.17) is 12.2 Å². The van der Waals surface area contributed by atoms with Crippen LogP contribution in [0.5, 0.6) is 5.75 Å². The molecule has 0 saturated heterocycles. The highest BCUT2D eigenvalue weighted by molar-refractivity contribution is 14.1. The molecule has 0 atom stereocenters. The number of H-pyrrole nitrogens is 2. The van der Waals surface area contributed by atoms with E-state index in [1.807, 2.05) is 25.1 Å². The van der Waals surface area contributed by atoms with Gasteiger partial charge in [0.25, 0.3) is 0 Å². The van der Waals surface area contributed by atoms with Gasteiger partial charge in [0.1, 0.15) is 11.4 Å². The number of aromatic hydroxyl groups is 1. The van der Waals surface area contributed by atoms with Crippen LogP contribution in [0.3, 0.4) is 0 Å². The minimum atomic E-state index is 0.182. The number of aryl methyl sites for hydroxylation is 1. The predicted molar refractivity (Wildman–Crippen MR) is 106 cm³/mol. The SMILES string of the molecule is Cc1cc(-c2n[nH]c(=S)n2/N=C\c2cc(I)cc(I)c2O)n[nH]1. The normalized spacial score (nSPS) is 11.4. The Morgan fingerprint density at radius 3 is 2.74 bits per heavy atom. The Hall–Kier alpha value is -1.28. The van der Waals surface area contributed by atoms with Crippen LogP contribution in [0.2, 0.25) is 0 Å². The molecule has 2 heterocycles. The van der Waals surface area contributed by atoms with Gasteiger partial charge in [-0.3, -0.25) is 5.10 Å². The minimum Gasteiger partial charge on any atom is -0.506 e. The first kappa shape index (κ1) is 16.6. The second-order valence-electron chi connectivity index (χ2n) is 4.67. The quantitative estimate of drug-likeness (QED) is 0.264. The fraction of sp³-hybridized carbons (Fsp3) is 0.0769. The van der Waals surface area contributed by atoms with E-state index in [0.717, 1.165) is 12.8 Å². The lowest BCUT2D eigenvalue weighted by molar-refractivity contribution is 0.470. The molecule has 0 aliphatic carbocycles. The lowest BCUT2D eigenvalue weighted by atomic mass is 10.2. The third kappa shape index (κ3) is 3.47. The standard InChI is InChI=1S/C13H10I2N6OS/c1-6-2-10(18-17-6)12-19-20-13(23)21(12)16-5-7-3-8(14)4-9(15)11(7)22/h2-5,22H,1H3,(H,17,18)(H,20,23)/b16-5-. The summed E-state index contributed by atoms with van der Waals surface area (Å²) in [7, 11) is 0. The summed E-state index contributed by atoms with van der Waals surface area (Å²) in [4.78, 5) is 0. The summed E-state index contributed by atoms with van der Waals surface area (Å²) in [6.45, 7) is 1.90. The number of rotatable bonds is 3. The number of benzene rings is 1. The van der Waals surface area contributed by atoms with Crippen molar-refractivity contribution in [2.24, 2.45) is 5.10 Å². The van der Waals surface area contributed by atoms with Gasteiger partial charge in [-0.25, -0.2) is 5.10 Å². The van der Waals surface area contributed by atoms with E-state index in [2.05, 4.69) is 70.7 Å². The van der Waals surface area contributed by atoms with Gasteiger partial charge in [-0.1, -0.05) is 0 Å². The Bertz CT molecular complexity index is 958. The zero-order valence-corrected chi connectivity index (χ0v) is 16.8. The number of hydrogen-bond acceptors (Lipinski definition) is 5. The van der Waals surface area contributed by atoms with Crippen molar-refractivity contribution in [2.45, 2.75) is 6.92 Å². The summed E-state index contributed by atoms with van der Waals surface area (Å²) >= 11 is 9.47. The minimum absolute atomic E-state index is 0.182. The van der Waals surface area contributed by atoms with Crippen LogP contribution in [0.15, 0.2) is 23.3 Å². The maximum Gasteiger partial charge on any atom is 0.216 e. The van der Waals surface area contributed by atoms with Gasteiger partial charge in [-0.2, -0.15) is 20.0 Å². The van der Waals surface area contributed by atoms with Crippen molar-refractivity contribution < 1.29 is 5.11 Å². The topological polar surface area (TPSA) is 94.9 Å². The van der Waals surface area contributed by atoms with Crippen LogP contribution in [0.1, 0.15) is 11.3 Å². The predicted octanol–water partition coefficient (Wildman–Crippen LogP) is 3.44. The zero-order chi connectivity index (χ0) is 16.6. The molecule has 23 heavy (non-hydrogen) atoms. The van der Waals surface area contributed by atoms with E-state index >= 15 is 0 Å². The number of aromatic amines is 2. The number of halogens is 2. The van der Waals surface area contributed by atoms with Gasteiger partial charge < -0.3 is 5.11 Å². The molecule has 0 aliphatic rings. The van der Waals surface area contributed by atoms with E-state index in [9.17, 15) is 5.11 Å². The van der Waals surface area contributed by atoms with Gasteiger partial charge in [0.2, 0.25) is 10.6 Å². The highest BCUT2D eigenvalue weighted by Gasteiger charge is 2.11. The second kappa shape index (κ2) is 6.68. The van der Waals surface area contributed by atoms with Crippen molar-refractivity contribution in [3.05, 3.63) is 41.4 Å². The molecule has 0 unspecified atom stereocenters. The van der Waals surface area contributed by atoms with Gasteiger partial charge in [0.15, 0.2) is 0 Å². The Kier molecular flexibility index (Phi) is 4.82. The Morgan fingerprint density at radius 2 is 2.04 bits per heavy atom. The molecule has 0 saturated carbocycles. The van der Waals surface area contributed by atoms with Crippen LogP contribution in [0, 0.1) is 18.8 Å². The summed E-state index contributed by atoms with van der Waals surface area (Å²) < 4.78 is 3.58. The highest BCUT2D eigenvalue weighted by Crippen LogP contribution is 2.26. The zero-order valence-electron chi connectivity index (χ0n) is 11.7. The first-order valence-electron chi connectivity index (χ1n) is 6.38. The molecule has 0 aliphatic heterocycles. The van der Waals surface area contributed by atoms with Crippen molar-refractivity contribution in [1.29, 1.82) is 0 Å². The smallest absolute Gasteiger partial charge is 0.216 e. The molecule has 1 aromatic carbocycles. The molecule has 0 radical (unpaired) electrons. The van der Waals surface area contributed by atoms with E-state index in [0.29, 0.717) is 21.9 Å². The Labute approximate surface area is 163 Å². The molecule has 0 fully saturated rings. The molecule has 7 nitrogen and oxygen atoms in total. The van der Waals surface area contributed by atoms with Crippen LogP contribution < -0.4 is 0 Å². The molecule has 0 bridgehead atoms. The van der Waals surface area contributed by atoms with Crippen molar-refractivity contribution in [2.75, 3.05) is 0 Å². The first-order valence-corrected chi connectivity index (χ1v) is 8.94. The molecule has 3 rings (SSSR count). The van der Waals surface area contributed by atoms with Crippen LogP contribution in [0.25, 0.3) is 11.5 Å².